The largest absolute Gasteiger partial charge is 0.357 e. The Hall–Kier alpha value is -2.08. The highest BCUT2D eigenvalue weighted by Gasteiger charge is 2.15. The number of carbonyl (C=O) groups is 1. The number of aromatic nitrogens is 1. The summed E-state index contributed by atoms with van der Waals surface area (Å²) in [5.74, 6) is -0.0796. The van der Waals surface area contributed by atoms with Gasteiger partial charge >= 0.3 is 0 Å². The summed E-state index contributed by atoms with van der Waals surface area (Å²) in [6.07, 6.45) is 7.77. The number of allylic oxidation sites excluding steroid dienone is 4. The molecule has 0 unspecified atom stereocenters. The molecule has 0 atom stereocenters. The van der Waals surface area contributed by atoms with Gasteiger partial charge in [0.2, 0.25) is 0 Å². The van der Waals surface area contributed by atoms with Gasteiger partial charge in [0.05, 0.1) is 6.67 Å². The van der Waals surface area contributed by atoms with Crippen LogP contribution in [0.5, 0.6) is 0 Å². The number of rotatable bonds is 7. The average Bonchev–Trinajstić information content (AvgIpc) is 2.96. The zero-order valence-electron chi connectivity index (χ0n) is 13.9. The molecule has 0 bridgehead atoms. The second-order valence-electron chi connectivity index (χ2n) is 5.07. The van der Waals surface area contributed by atoms with Crippen molar-refractivity contribution in [1.82, 2.24) is 14.8 Å². The van der Waals surface area contributed by atoms with Gasteiger partial charge in [0.1, 0.15) is 5.69 Å². The fraction of sp³-hybridized carbons (Fsp3) is 0.375. The standard InChI is InChI=1S/C16H24N4OS/c1-7-9-10-13(8-2)19(5)12-20(6)16-17-14(11-22-16)15(21)18(3)4/h7-11H,2,12H2,1,3-6H3/b9-7-,13-10+. The van der Waals surface area contributed by atoms with Crippen molar-refractivity contribution in [2.75, 3.05) is 39.8 Å². The van der Waals surface area contributed by atoms with E-state index in [1.807, 2.05) is 50.2 Å². The quantitative estimate of drug-likeness (QED) is 0.572. The highest BCUT2D eigenvalue weighted by atomic mass is 32.1. The Balaban J connectivity index is 2.78. The highest BCUT2D eigenvalue weighted by Crippen LogP contribution is 2.20. The van der Waals surface area contributed by atoms with E-state index in [4.69, 9.17) is 0 Å². The second kappa shape index (κ2) is 8.38. The Labute approximate surface area is 136 Å². The van der Waals surface area contributed by atoms with Gasteiger partial charge in [-0.15, -0.1) is 11.3 Å². The molecule has 1 heterocycles. The molecule has 120 valence electrons. The summed E-state index contributed by atoms with van der Waals surface area (Å²) in [4.78, 5) is 21.9. The van der Waals surface area contributed by atoms with Gasteiger partial charge in [0.15, 0.2) is 5.13 Å². The molecule has 0 saturated carbocycles. The second-order valence-corrected chi connectivity index (χ2v) is 5.91. The van der Waals surface area contributed by atoms with E-state index in [1.165, 1.54) is 16.2 Å². The molecule has 0 radical (unpaired) electrons. The molecule has 1 aromatic heterocycles. The first-order valence-electron chi connectivity index (χ1n) is 6.95. The molecule has 6 heteroatoms. The molecule has 1 rings (SSSR count). The SMILES string of the molecule is C=C/C(=C\C=C/C)N(C)CN(C)c1nc(C(=O)N(C)C)cs1. The van der Waals surface area contributed by atoms with Crippen LogP contribution in [0.15, 0.2) is 42.0 Å². The number of anilines is 1. The van der Waals surface area contributed by atoms with Crippen LogP contribution in [0.25, 0.3) is 0 Å². The number of carbonyl (C=O) groups excluding carboxylic acids is 1. The van der Waals surface area contributed by atoms with Gasteiger partial charge in [0, 0.05) is 39.3 Å². The maximum Gasteiger partial charge on any atom is 0.272 e. The lowest BCUT2D eigenvalue weighted by Crippen LogP contribution is -2.32. The topological polar surface area (TPSA) is 39.7 Å². The Morgan fingerprint density at radius 3 is 2.59 bits per heavy atom. The van der Waals surface area contributed by atoms with Crippen LogP contribution in [-0.4, -0.2) is 55.6 Å². The van der Waals surface area contributed by atoms with Crippen LogP contribution in [-0.2, 0) is 0 Å². The summed E-state index contributed by atoms with van der Waals surface area (Å²) in [6, 6.07) is 0. The van der Waals surface area contributed by atoms with Gasteiger partial charge in [-0.25, -0.2) is 4.98 Å². The van der Waals surface area contributed by atoms with Gasteiger partial charge in [-0.05, 0) is 19.1 Å². The predicted octanol–water partition coefficient (Wildman–Crippen LogP) is 2.82. The first kappa shape index (κ1) is 18.0. The molecule has 0 N–H and O–H groups in total. The lowest BCUT2D eigenvalue weighted by molar-refractivity contribution is 0.0823. The zero-order chi connectivity index (χ0) is 16.7. The molecule has 0 aromatic carbocycles. The van der Waals surface area contributed by atoms with Crippen LogP contribution in [0.4, 0.5) is 5.13 Å². The Morgan fingerprint density at radius 1 is 1.36 bits per heavy atom. The third-order valence-electron chi connectivity index (χ3n) is 2.98. The summed E-state index contributed by atoms with van der Waals surface area (Å²) in [5.41, 5.74) is 1.50. The third-order valence-corrected chi connectivity index (χ3v) is 3.93. The van der Waals surface area contributed by atoms with Crippen molar-refractivity contribution in [3.05, 3.63) is 47.7 Å². The van der Waals surface area contributed by atoms with Gasteiger partial charge in [-0.1, -0.05) is 18.7 Å². The van der Waals surface area contributed by atoms with E-state index in [0.717, 1.165) is 10.8 Å². The zero-order valence-corrected chi connectivity index (χ0v) is 14.7. The lowest BCUT2D eigenvalue weighted by atomic mass is 10.3. The molecule has 5 nitrogen and oxygen atoms in total. The monoisotopic (exact) mass is 320 g/mol. The molecule has 22 heavy (non-hydrogen) atoms. The first-order valence-corrected chi connectivity index (χ1v) is 7.83. The summed E-state index contributed by atoms with van der Waals surface area (Å²) < 4.78 is 0. The highest BCUT2D eigenvalue weighted by molar-refractivity contribution is 7.13. The molecule has 1 amide bonds. The summed E-state index contributed by atoms with van der Waals surface area (Å²) >= 11 is 1.46. The van der Waals surface area contributed by atoms with Gasteiger partial charge in [-0.3, -0.25) is 4.79 Å². The Bertz CT molecular complexity index is 574. The van der Waals surface area contributed by atoms with Crippen LogP contribution in [0.2, 0.25) is 0 Å². The summed E-state index contributed by atoms with van der Waals surface area (Å²) in [7, 11) is 7.39. The Kier molecular flexibility index (Phi) is 6.85. The van der Waals surface area contributed by atoms with Crippen LogP contribution < -0.4 is 4.90 Å². The third kappa shape index (κ3) is 4.73. The minimum Gasteiger partial charge on any atom is -0.357 e. The van der Waals surface area contributed by atoms with Crippen molar-refractivity contribution in [2.45, 2.75) is 6.92 Å². The summed E-state index contributed by atoms with van der Waals surface area (Å²) in [5, 5.41) is 2.60. The first-order chi connectivity index (χ1) is 10.4. The van der Waals surface area contributed by atoms with E-state index < -0.39 is 0 Å². The normalized spacial score (nSPS) is 11.6. The van der Waals surface area contributed by atoms with E-state index in [2.05, 4.69) is 16.5 Å². The maximum absolute atomic E-state index is 11.9. The maximum atomic E-state index is 11.9. The van der Waals surface area contributed by atoms with E-state index in [9.17, 15) is 4.79 Å². The van der Waals surface area contributed by atoms with Gasteiger partial charge < -0.3 is 14.7 Å². The Morgan fingerprint density at radius 2 is 2.05 bits per heavy atom. The number of thiazole rings is 1. The summed E-state index contributed by atoms with van der Waals surface area (Å²) in [6.45, 7) is 6.46. The smallest absolute Gasteiger partial charge is 0.272 e. The molecule has 0 aliphatic heterocycles. The number of nitrogens with zero attached hydrogens (tertiary/aromatic N) is 4. The molecular weight excluding hydrogens is 296 g/mol. The predicted molar refractivity (Wildman–Crippen MR) is 94.3 cm³/mol. The molecule has 0 saturated heterocycles. The van der Waals surface area contributed by atoms with Crippen molar-refractivity contribution in [3.63, 3.8) is 0 Å². The molecular formula is C16H24N4OS. The van der Waals surface area contributed by atoms with Crippen molar-refractivity contribution in [1.29, 1.82) is 0 Å². The number of amides is 1. The molecule has 1 aromatic rings. The van der Waals surface area contributed by atoms with Crippen LogP contribution in [0, 0.1) is 0 Å². The fourth-order valence-electron chi connectivity index (χ4n) is 1.77. The fourth-order valence-corrected chi connectivity index (χ4v) is 2.53. The lowest BCUT2D eigenvalue weighted by Gasteiger charge is -2.26. The molecule has 0 spiro atoms. The van der Waals surface area contributed by atoms with Gasteiger partial charge in [0.25, 0.3) is 5.91 Å². The number of hydrogen-bond donors (Lipinski definition) is 0. The molecule has 0 aliphatic carbocycles. The number of hydrogen-bond acceptors (Lipinski definition) is 5. The van der Waals surface area contributed by atoms with E-state index in [0.29, 0.717) is 12.4 Å². The van der Waals surface area contributed by atoms with Crippen molar-refractivity contribution >= 4 is 22.4 Å². The van der Waals surface area contributed by atoms with Crippen LogP contribution >= 0.6 is 11.3 Å². The van der Waals surface area contributed by atoms with Crippen molar-refractivity contribution in [2.24, 2.45) is 0 Å². The van der Waals surface area contributed by atoms with E-state index >= 15 is 0 Å². The average molecular weight is 320 g/mol. The molecule has 0 aliphatic rings. The minimum absolute atomic E-state index is 0.0796. The number of likely N-dealkylation sites (N-methyl/N-ethyl adjacent to an activating group) is 1. The van der Waals surface area contributed by atoms with Crippen LogP contribution in [0.1, 0.15) is 17.4 Å². The van der Waals surface area contributed by atoms with Crippen molar-refractivity contribution in [3.8, 4) is 0 Å². The minimum atomic E-state index is -0.0796. The molecule has 0 fully saturated rings. The van der Waals surface area contributed by atoms with Crippen LogP contribution in [0.3, 0.4) is 0 Å². The van der Waals surface area contributed by atoms with Gasteiger partial charge in [-0.2, -0.15) is 0 Å². The van der Waals surface area contributed by atoms with E-state index in [1.54, 1.807) is 19.5 Å². The van der Waals surface area contributed by atoms with Crippen molar-refractivity contribution < 1.29 is 4.79 Å². The van der Waals surface area contributed by atoms with E-state index in [-0.39, 0.29) is 5.91 Å².